The molecule has 0 aliphatic carbocycles. The predicted octanol–water partition coefficient (Wildman–Crippen LogP) is 4.64. The van der Waals surface area contributed by atoms with Gasteiger partial charge >= 0.3 is 5.97 Å². The number of carbonyl (C=O) groups is 1. The fraction of sp³-hybridized carbons (Fsp3) is 0.118. The molecule has 0 radical (unpaired) electrons. The molecule has 0 saturated heterocycles. The largest absolute Gasteiger partial charge is 0.481 e. The van der Waals surface area contributed by atoms with Gasteiger partial charge in [-0.3, -0.25) is 4.79 Å². The lowest BCUT2D eigenvalue weighted by Gasteiger charge is -2.01. The fourth-order valence-corrected chi connectivity index (χ4v) is 2.62. The maximum atomic E-state index is 14.1. The molecule has 22 heavy (non-hydrogen) atoms. The van der Waals surface area contributed by atoms with E-state index in [1.165, 1.54) is 6.07 Å². The highest BCUT2D eigenvalue weighted by Crippen LogP contribution is 2.30. The van der Waals surface area contributed by atoms with Gasteiger partial charge in [-0.1, -0.05) is 23.7 Å². The molecule has 112 valence electrons. The van der Waals surface area contributed by atoms with Crippen LogP contribution in [0.25, 0.3) is 22.2 Å². The molecule has 1 aromatic heterocycles. The standard InChI is InChI=1S/C17H13ClFNO2/c18-13-3-1-2-12(17(13)19)15-9-11-8-10(5-7-16(21)22)4-6-14(11)20-15/h1-4,6,8-9,20H,5,7H2,(H,21,22). The third kappa shape index (κ3) is 2.83. The number of carboxylic acids is 1. The number of hydrogen-bond donors (Lipinski definition) is 2. The molecular weight excluding hydrogens is 305 g/mol. The molecule has 0 saturated carbocycles. The van der Waals surface area contributed by atoms with E-state index in [0.29, 0.717) is 17.7 Å². The summed E-state index contributed by atoms with van der Waals surface area (Å²) >= 11 is 5.81. The van der Waals surface area contributed by atoms with Crippen LogP contribution >= 0.6 is 11.6 Å². The molecule has 0 bridgehead atoms. The van der Waals surface area contributed by atoms with Crippen molar-refractivity contribution in [1.82, 2.24) is 4.98 Å². The molecule has 5 heteroatoms. The van der Waals surface area contributed by atoms with Gasteiger partial charge in [-0.25, -0.2) is 4.39 Å². The summed E-state index contributed by atoms with van der Waals surface area (Å²) in [6, 6.07) is 12.4. The monoisotopic (exact) mass is 317 g/mol. The second kappa shape index (κ2) is 5.81. The minimum absolute atomic E-state index is 0.0818. The molecule has 0 unspecified atom stereocenters. The van der Waals surface area contributed by atoms with E-state index in [2.05, 4.69) is 4.98 Å². The van der Waals surface area contributed by atoms with Crippen LogP contribution < -0.4 is 0 Å². The van der Waals surface area contributed by atoms with Crippen molar-refractivity contribution in [2.75, 3.05) is 0 Å². The SMILES string of the molecule is O=C(O)CCc1ccc2[nH]c(-c3cccc(Cl)c3F)cc2c1. The summed E-state index contributed by atoms with van der Waals surface area (Å²) in [7, 11) is 0. The number of hydrogen-bond acceptors (Lipinski definition) is 1. The summed E-state index contributed by atoms with van der Waals surface area (Å²) < 4.78 is 14.1. The van der Waals surface area contributed by atoms with Crippen molar-refractivity contribution in [3.63, 3.8) is 0 Å². The van der Waals surface area contributed by atoms with Crippen molar-refractivity contribution in [2.24, 2.45) is 0 Å². The Balaban J connectivity index is 1.99. The van der Waals surface area contributed by atoms with Crippen LogP contribution in [-0.4, -0.2) is 16.1 Å². The second-order valence-corrected chi connectivity index (χ2v) is 5.51. The number of benzene rings is 2. The van der Waals surface area contributed by atoms with Crippen molar-refractivity contribution < 1.29 is 14.3 Å². The molecule has 2 N–H and O–H groups in total. The topological polar surface area (TPSA) is 53.1 Å². The Morgan fingerprint density at radius 2 is 2.05 bits per heavy atom. The number of fused-ring (bicyclic) bond motifs is 1. The quantitative estimate of drug-likeness (QED) is 0.736. The number of aromatic amines is 1. The lowest BCUT2D eigenvalue weighted by Crippen LogP contribution is -1.96. The number of aromatic nitrogens is 1. The van der Waals surface area contributed by atoms with Gasteiger partial charge < -0.3 is 10.1 Å². The van der Waals surface area contributed by atoms with Gasteiger partial charge in [0.15, 0.2) is 5.82 Å². The molecule has 3 aromatic rings. The van der Waals surface area contributed by atoms with E-state index in [1.807, 2.05) is 24.3 Å². The van der Waals surface area contributed by atoms with Crippen LogP contribution in [-0.2, 0) is 11.2 Å². The normalized spacial score (nSPS) is 11.0. The van der Waals surface area contributed by atoms with E-state index in [-0.39, 0.29) is 11.4 Å². The van der Waals surface area contributed by atoms with Crippen LogP contribution in [0.15, 0.2) is 42.5 Å². The Morgan fingerprint density at radius 3 is 2.82 bits per heavy atom. The van der Waals surface area contributed by atoms with E-state index < -0.39 is 11.8 Å². The Labute approximate surface area is 131 Å². The zero-order valence-corrected chi connectivity index (χ0v) is 12.3. The van der Waals surface area contributed by atoms with E-state index in [4.69, 9.17) is 16.7 Å². The zero-order valence-electron chi connectivity index (χ0n) is 11.6. The highest BCUT2D eigenvalue weighted by atomic mass is 35.5. The number of halogens is 2. The average molecular weight is 318 g/mol. The average Bonchev–Trinajstić information content (AvgIpc) is 2.90. The Bertz CT molecular complexity index is 857. The first-order chi connectivity index (χ1) is 10.5. The molecule has 0 atom stereocenters. The summed E-state index contributed by atoms with van der Waals surface area (Å²) in [5.41, 5.74) is 2.86. The van der Waals surface area contributed by atoms with Crippen molar-refractivity contribution in [2.45, 2.75) is 12.8 Å². The third-order valence-electron chi connectivity index (χ3n) is 3.55. The molecule has 0 amide bonds. The lowest BCUT2D eigenvalue weighted by atomic mass is 10.1. The number of aryl methyl sites for hydroxylation is 1. The van der Waals surface area contributed by atoms with Gasteiger partial charge in [-0.05, 0) is 42.3 Å². The van der Waals surface area contributed by atoms with Crippen molar-refractivity contribution in [1.29, 1.82) is 0 Å². The summed E-state index contributed by atoms with van der Waals surface area (Å²) in [5, 5.41) is 9.73. The molecule has 3 rings (SSSR count). The Morgan fingerprint density at radius 1 is 1.23 bits per heavy atom. The molecule has 0 fully saturated rings. The van der Waals surface area contributed by atoms with E-state index >= 15 is 0 Å². The minimum atomic E-state index is -0.823. The van der Waals surface area contributed by atoms with Gasteiger partial charge in [0.2, 0.25) is 0 Å². The Kier molecular flexibility index (Phi) is 3.86. The van der Waals surface area contributed by atoms with Gasteiger partial charge in [0.1, 0.15) is 0 Å². The first-order valence-electron chi connectivity index (χ1n) is 6.82. The van der Waals surface area contributed by atoms with Crippen LogP contribution in [0.1, 0.15) is 12.0 Å². The minimum Gasteiger partial charge on any atom is -0.481 e. The van der Waals surface area contributed by atoms with Gasteiger partial charge in [0.05, 0.1) is 5.02 Å². The van der Waals surface area contributed by atoms with Crippen LogP contribution in [0, 0.1) is 5.82 Å². The van der Waals surface area contributed by atoms with Crippen LogP contribution in [0.2, 0.25) is 5.02 Å². The first kappa shape index (κ1) is 14.6. The van der Waals surface area contributed by atoms with E-state index in [9.17, 15) is 9.18 Å². The summed E-state index contributed by atoms with van der Waals surface area (Å²) in [6.45, 7) is 0. The van der Waals surface area contributed by atoms with Gasteiger partial charge in [0.25, 0.3) is 0 Å². The molecule has 0 aliphatic heterocycles. The summed E-state index contributed by atoms with van der Waals surface area (Å²) in [5.74, 6) is -1.28. The van der Waals surface area contributed by atoms with E-state index in [0.717, 1.165) is 16.5 Å². The second-order valence-electron chi connectivity index (χ2n) is 5.10. The van der Waals surface area contributed by atoms with Crippen LogP contribution in [0.3, 0.4) is 0 Å². The smallest absolute Gasteiger partial charge is 0.303 e. The molecule has 1 heterocycles. The molecule has 3 nitrogen and oxygen atoms in total. The van der Waals surface area contributed by atoms with Gasteiger partial charge in [-0.15, -0.1) is 0 Å². The maximum Gasteiger partial charge on any atom is 0.303 e. The zero-order chi connectivity index (χ0) is 15.7. The molecule has 0 spiro atoms. The predicted molar refractivity (Wildman–Crippen MR) is 84.7 cm³/mol. The number of aliphatic carboxylic acids is 1. The molecular formula is C17H13ClFNO2. The summed E-state index contributed by atoms with van der Waals surface area (Å²) in [4.78, 5) is 13.8. The van der Waals surface area contributed by atoms with Crippen LogP contribution in [0.4, 0.5) is 4.39 Å². The Hall–Kier alpha value is -2.33. The van der Waals surface area contributed by atoms with Crippen molar-refractivity contribution >= 4 is 28.5 Å². The first-order valence-corrected chi connectivity index (χ1v) is 7.20. The number of nitrogens with one attached hydrogen (secondary N) is 1. The van der Waals surface area contributed by atoms with Crippen molar-refractivity contribution in [3.05, 3.63) is 58.9 Å². The molecule has 2 aromatic carbocycles. The lowest BCUT2D eigenvalue weighted by molar-refractivity contribution is -0.136. The molecule has 0 aliphatic rings. The van der Waals surface area contributed by atoms with Gasteiger partial charge in [0, 0.05) is 28.6 Å². The number of rotatable bonds is 4. The highest BCUT2D eigenvalue weighted by molar-refractivity contribution is 6.31. The number of H-pyrrole nitrogens is 1. The van der Waals surface area contributed by atoms with Crippen molar-refractivity contribution in [3.8, 4) is 11.3 Å². The van der Waals surface area contributed by atoms with Gasteiger partial charge in [-0.2, -0.15) is 0 Å². The fourth-order valence-electron chi connectivity index (χ4n) is 2.45. The number of carboxylic acid groups (broad SMARTS) is 1. The maximum absolute atomic E-state index is 14.1. The van der Waals surface area contributed by atoms with E-state index in [1.54, 1.807) is 12.1 Å². The highest BCUT2D eigenvalue weighted by Gasteiger charge is 2.11. The summed E-state index contributed by atoms with van der Waals surface area (Å²) in [6.07, 6.45) is 0.559. The third-order valence-corrected chi connectivity index (χ3v) is 3.85. The van der Waals surface area contributed by atoms with Crippen LogP contribution in [0.5, 0.6) is 0 Å².